The molecule has 0 aromatic carbocycles. The van der Waals surface area contributed by atoms with Gasteiger partial charge in [0.1, 0.15) is 0 Å². The van der Waals surface area contributed by atoms with Crippen molar-refractivity contribution in [1.82, 2.24) is 9.88 Å². The van der Waals surface area contributed by atoms with Gasteiger partial charge in [-0.1, -0.05) is 6.07 Å². The molecule has 2 aromatic rings. The van der Waals surface area contributed by atoms with E-state index in [0.29, 0.717) is 11.4 Å². The molecular weight excluding hydrogens is 310 g/mol. The maximum atomic E-state index is 12.6. The first-order valence-corrected chi connectivity index (χ1v) is 8.42. The van der Waals surface area contributed by atoms with Crippen LogP contribution in [-0.2, 0) is 11.3 Å². The van der Waals surface area contributed by atoms with Gasteiger partial charge < -0.3 is 10.2 Å². The Bertz CT molecular complexity index is 723. The van der Waals surface area contributed by atoms with Gasteiger partial charge in [-0.3, -0.25) is 14.6 Å². The highest BCUT2D eigenvalue weighted by Crippen LogP contribution is 2.33. The predicted octanol–water partition coefficient (Wildman–Crippen LogP) is 3.07. The highest BCUT2D eigenvalue weighted by Gasteiger charge is 2.30. The number of thiophene rings is 1. The van der Waals surface area contributed by atoms with Crippen LogP contribution in [0.15, 0.2) is 30.6 Å². The van der Waals surface area contributed by atoms with Gasteiger partial charge in [0.2, 0.25) is 5.91 Å². The number of carbonyl (C=O) groups excluding carboxylic acids is 2. The molecule has 0 aliphatic heterocycles. The molecule has 5 nitrogen and oxygen atoms in total. The number of amides is 2. The zero-order valence-corrected chi connectivity index (χ0v) is 14.0. The second-order valence-electron chi connectivity index (χ2n) is 5.91. The van der Waals surface area contributed by atoms with Crippen molar-refractivity contribution in [2.75, 3.05) is 12.4 Å². The summed E-state index contributed by atoms with van der Waals surface area (Å²) in [6, 6.07) is 5.67. The summed E-state index contributed by atoms with van der Waals surface area (Å²) in [5.41, 5.74) is 1.88. The molecule has 0 unspecified atom stereocenters. The zero-order chi connectivity index (χ0) is 16.4. The van der Waals surface area contributed by atoms with E-state index in [1.54, 1.807) is 24.3 Å². The predicted molar refractivity (Wildman–Crippen MR) is 90.4 cm³/mol. The Morgan fingerprint density at radius 1 is 1.43 bits per heavy atom. The summed E-state index contributed by atoms with van der Waals surface area (Å²) in [6.07, 6.45) is 5.40. The van der Waals surface area contributed by atoms with Crippen LogP contribution in [0.25, 0.3) is 0 Å². The Balaban J connectivity index is 1.68. The lowest BCUT2D eigenvalue weighted by molar-refractivity contribution is -0.117. The van der Waals surface area contributed by atoms with Gasteiger partial charge >= 0.3 is 0 Å². The first kappa shape index (κ1) is 15.7. The van der Waals surface area contributed by atoms with Crippen molar-refractivity contribution in [2.45, 2.75) is 26.3 Å². The van der Waals surface area contributed by atoms with Crippen LogP contribution < -0.4 is 5.32 Å². The summed E-state index contributed by atoms with van der Waals surface area (Å²) < 4.78 is 0. The number of nitrogens with zero attached hydrogens (tertiary/aromatic N) is 2. The number of anilines is 1. The van der Waals surface area contributed by atoms with E-state index < -0.39 is 0 Å². The Morgan fingerprint density at radius 3 is 2.87 bits per heavy atom. The van der Waals surface area contributed by atoms with Gasteiger partial charge in [-0.05, 0) is 43.0 Å². The number of aromatic nitrogens is 1. The van der Waals surface area contributed by atoms with Crippen LogP contribution >= 0.6 is 11.3 Å². The van der Waals surface area contributed by atoms with Gasteiger partial charge in [0.05, 0.1) is 9.88 Å². The molecule has 6 heteroatoms. The van der Waals surface area contributed by atoms with Gasteiger partial charge in [0.25, 0.3) is 5.91 Å². The van der Waals surface area contributed by atoms with E-state index in [4.69, 9.17) is 0 Å². The fourth-order valence-corrected chi connectivity index (χ4v) is 3.41. The summed E-state index contributed by atoms with van der Waals surface area (Å²) in [5, 5.41) is 3.66. The summed E-state index contributed by atoms with van der Waals surface area (Å²) in [7, 11) is 1.77. The van der Waals surface area contributed by atoms with Gasteiger partial charge in [0.15, 0.2) is 0 Å². The van der Waals surface area contributed by atoms with Crippen LogP contribution in [0.4, 0.5) is 5.00 Å². The fourth-order valence-electron chi connectivity index (χ4n) is 2.34. The first-order chi connectivity index (χ1) is 11.0. The molecule has 0 saturated heterocycles. The average Bonchev–Trinajstić information content (AvgIpc) is 3.32. The van der Waals surface area contributed by atoms with Crippen molar-refractivity contribution in [3.8, 4) is 0 Å². The number of rotatable bonds is 5. The van der Waals surface area contributed by atoms with Gasteiger partial charge in [-0.25, -0.2) is 0 Å². The zero-order valence-electron chi connectivity index (χ0n) is 13.2. The number of hydrogen-bond donors (Lipinski definition) is 1. The normalized spacial score (nSPS) is 13.7. The lowest BCUT2D eigenvalue weighted by atomic mass is 10.2. The van der Waals surface area contributed by atoms with Crippen molar-refractivity contribution in [2.24, 2.45) is 5.92 Å². The van der Waals surface area contributed by atoms with Gasteiger partial charge in [-0.2, -0.15) is 0 Å². The molecule has 2 aromatic heterocycles. The van der Waals surface area contributed by atoms with Crippen LogP contribution in [0, 0.1) is 12.8 Å². The Kier molecular flexibility index (Phi) is 4.43. The molecule has 0 atom stereocenters. The van der Waals surface area contributed by atoms with Crippen LogP contribution in [0.5, 0.6) is 0 Å². The fraction of sp³-hybridized carbons (Fsp3) is 0.353. The second kappa shape index (κ2) is 6.50. The third kappa shape index (κ3) is 3.76. The molecule has 1 N–H and O–H groups in total. The van der Waals surface area contributed by atoms with E-state index >= 15 is 0 Å². The number of nitrogens with one attached hydrogen (secondary N) is 1. The monoisotopic (exact) mass is 329 g/mol. The molecule has 0 radical (unpaired) electrons. The van der Waals surface area contributed by atoms with Crippen LogP contribution in [0.2, 0.25) is 0 Å². The molecule has 2 amide bonds. The van der Waals surface area contributed by atoms with Crippen molar-refractivity contribution < 1.29 is 9.59 Å². The van der Waals surface area contributed by atoms with Crippen molar-refractivity contribution in [1.29, 1.82) is 0 Å². The maximum absolute atomic E-state index is 12.6. The molecule has 120 valence electrons. The third-order valence-corrected chi connectivity index (χ3v) is 4.94. The molecule has 0 spiro atoms. The van der Waals surface area contributed by atoms with Gasteiger partial charge in [0, 0.05) is 31.9 Å². The van der Waals surface area contributed by atoms with Crippen molar-refractivity contribution >= 4 is 28.2 Å². The Labute approximate surface area is 139 Å². The van der Waals surface area contributed by atoms with E-state index in [1.807, 2.05) is 25.1 Å². The lowest BCUT2D eigenvalue weighted by Crippen LogP contribution is -2.26. The van der Waals surface area contributed by atoms with Crippen LogP contribution in [0.1, 0.15) is 33.6 Å². The maximum Gasteiger partial charge on any atom is 0.264 e. The van der Waals surface area contributed by atoms with Gasteiger partial charge in [-0.15, -0.1) is 11.3 Å². The highest BCUT2D eigenvalue weighted by molar-refractivity contribution is 7.18. The molecular formula is C17H19N3O2S. The Hall–Kier alpha value is -2.21. The average molecular weight is 329 g/mol. The van der Waals surface area contributed by atoms with Crippen LogP contribution in [-0.4, -0.2) is 28.7 Å². The third-order valence-electron chi connectivity index (χ3n) is 3.80. The molecule has 0 bridgehead atoms. The van der Waals surface area contributed by atoms with E-state index in [2.05, 4.69) is 10.3 Å². The summed E-state index contributed by atoms with van der Waals surface area (Å²) >= 11 is 1.34. The minimum Gasteiger partial charge on any atom is -0.337 e. The molecule has 23 heavy (non-hydrogen) atoms. The molecule has 1 saturated carbocycles. The molecule has 1 fully saturated rings. The largest absolute Gasteiger partial charge is 0.337 e. The number of hydrogen-bond acceptors (Lipinski definition) is 4. The summed E-state index contributed by atoms with van der Waals surface area (Å²) in [4.78, 5) is 30.9. The quantitative estimate of drug-likeness (QED) is 0.917. The van der Waals surface area contributed by atoms with E-state index in [1.165, 1.54) is 11.3 Å². The minimum atomic E-state index is -0.0386. The minimum absolute atomic E-state index is 0.0386. The second-order valence-corrected chi connectivity index (χ2v) is 6.96. The topological polar surface area (TPSA) is 62.3 Å². The van der Waals surface area contributed by atoms with E-state index in [0.717, 1.165) is 29.0 Å². The summed E-state index contributed by atoms with van der Waals surface area (Å²) in [5.74, 6) is 0.182. The summed E-state index contributed by atoms with van der Waals surface area (Å²) in [6.45, 7) is 2.40. The SMILES string of the molecule is Cc1cc(NC(=O)C2CC2)sc1C(=O)N(C)Cc1cccnc1. The smallest absolute Gasteiger partial charge is 0.264 e. The van der Waals surface area contributed by atoms with E-state index in [-0.39, 0.29) is 17.7 Å². The number of pyridine rings is 1. The molecule has 1 aliphatic carbocycles. The number of carbonyl (C=O) groups is 2. The van der Waals surface area contributed by atoms with Crippen molar-refractivity contribution in [3.63, 3.8) is 0 Å². The van der Waals surface area contributed by atoms with Crippen LogP contribution in [0.3, 0.4) is 0 Å². The highest BCUT2D eigenvalue weighted by atomic mass is 32.1. The first-order valence-electron chi connectivity index (χ1n) is 7.60. The standard InChI is InChI=1S/C17H19N3O2S/c1-11-8-14(19-16(21)13-5-6-13)23-15(11)17(22)20(2)10-12-4-3-7-18-9-12/h3-4,7-9,13H,5-6,10H2,1-2H3,(H,19,21). The van der Waals surface area contributed by atoms with Crippen molar-refractivity contribution in [3.05, 3.63) is 46.6 Å². The molecule has 2 heterocycles. The Morgan fingerprint density at radius 2 is 2.22 bits per heavy atom. The lowest BCUT2D eigenvalue weighted by Gasteiger charge is -2.16. The number of aryl methyl sites for hydroxylation is 1. The van der Waals surface area contributed by atoms with E-state index in [9.17, 15) is 9.59 Å². The molecule has 3 rings (SSSR count). The molecule has 1 aliphatic rings.